The SMILES string of the molecule is Nc1cc(Oc2cc(Br)cc(F)c2F)nc(N)n1. The van der Waals surface area contributed by atoms with Gasteiger partial charge in [0.1, 0.15) is 5.82 Å². The quantitative estimate of drug-likeness (QED) is 0.831. The zero-order valence-corrected chi connectivity index (χ0v) is 10.4. The Bertz CT molecular complexity index is 588. The number of nitrogens with two attached hydrogens (primary N) is 2. The van der Waals surface area contributed by atoms with Gasteiger partial charge in [-0.25, -0.2) is 4.39 Å². The van der Waals surface area contributed by atoms with Crippen molar-refractivity contribution in [3.63, 3.8) is 0 Å². The summed E-state index contributed by atoms with van der Waals surface area (Å²) in [4.78, 5) is 7.31. The molecule has 8 heteroatoms. The summed E-state index contributed by atoms with van der Waals surface area (Å²) in [6, 6.07) is 3.48. The van der Waals surface area contributed by atoms with Gasteiger partial charge in [0.05, 0.1) is 0 Å². The first-order valence-corrected chi connectivity index (χ1v) is 5.47. The number of rotatable bonds is 2. The second-order valence-electron chi connectivity index (χ2n) is 3.29. The molecular weight excluding hydrogens is 310 g/mol. The summed E-state index contributed by atoms with van der Waals surface area (Å²) in [5, 5.41) is 0. The number of hydrogen-bond acceptors (Lipinski definition) is 5. The lowest BCUT2D eigenvalue weighted by Gasteiger charge is -2.07. The number of nitrogen functional groups attached to an aromatic ring is 2. The Balaban J connectivity index is 2.39. The van der Waals surface area contributed by atoms with Gasteiger partial charge in [-0.15, -0.1) is 0 Å². The highest BCUT2D eigenvalue weighted by molar-refractivity contribution is 9.10. The fraction of sp³-hybridized carbons (Fsp3) is 0. The second-order valence-corrected chi connectivity index (χ2v) is 4.21. The Morgan fingerprint density at radius 2 is 1.83 bits per heavy atom. The Labute approximate surface area is 109 Å². The molecule has 0 bridgehead atoms. The molecule has 0 aliphatic carbocycles. The third kappa shape index (κ3) is 2.65. The van der Waals surface area contributed by atoms with Crippen molar-refractivity contribution in [2.45, 2.75) is 0 Å². The summed E-state index contributed by atoms with van der Waals surface area (Å²) in [6.45, 7) is 0. The molecule has 0 saturated heterocycles. The summed E-state index contributed by atoms with van der Waals surface area (Å²) in [5.74, 6) is -2.65. The lowest BCUT2D eigenvalue weighted by atomic mass is 10.3. The third-order valence-corrected chi connectivity index (χ3v) is 2.37. The highest BCUT2D eigenvalue weighted by atomic mass is 79.9. The van der Waals surface area contributed by atoms with Gasteiger partial charge in [0.2, 0.25) is 17.6 Å². The van der Waals surface area contributed by atoms with Crippen LogP contribution in [0, 0.1) is 11.6 Å². The van der Waals surface area contributed by atoms with Gasteiger partial charge >= 0.3 is 0 Å². The molecule has 1 heterocycles. The van der Waals surface area contributed by atoms with E-state index in [1.807, 2.05) is 0 Å². The van der Waals surface area contributed by atoms with Gasteiger partial charge in [0.15, 0.2) is 11.6 Å². The molecule has 4 N–H and O–H groups in total. The van der Waals surface area contributed by atoms with Crippen LogP contribution in [-0.2, 0) is 0 Å². The minimum absolute atomic E-state index is 0.0633. The average Bonchev–Trinajstić information content (AvgIpc) is 2.23. The van der Waals surface area contributed by atoms with Crippen LogP contribution in [0.3, 0.4) is 0 Å². The van der Waals surface area contributed by atoms with E-state index < -0.39 is 11.6 Å². The van der Waals surface area contributed by atoms with E-state index in [0.29, 0.717) is 4.47 Å². The first-order chi connectivity index (χ1) is 8.45. The maximum Gasteiger partial charge on any atom is 0.226 e. The fourth-order valence-electron chi connectivity index (χ4n) is 1.23. The van der Waals surface area contributed by atoms with Crippen LogP contribution in [0.15, 0.2) is 22.7 Å². The van der Waals surface area contributed by atoms with Crippen molar-refractivity contribution in [3.05, 3.63) is 34.3 Å². The molecule has 0 saturated carbocycles. The van der Waals surface area contributed by atoms with Gasteiger partial charge in [0.25, 0.3) is 0 Å². The monoisotopic (exact) mass is 316 g/mol. The zero-order valence-electron chi connectivity index (χ0n) is 8.82. The smallest absolute Gasteiger partial charge is 0.226 e. The van der Waals surface area contributed by atoms with Crippen molar-refractivity contribution in [2.24, 2.45) is 0 Å². The predicted molar refractivity (Wildman–Crippen MR) is 65.0 cm³/mol. The van der Waals surface area contributed by atoms with E-state index in [0.717, 1.165) is 6.07 Å². The van der Waals surface area contributed by atoms with Crippen LogP contribution in [0.1, 0.15) is 0 Å². The summed E-state index contributed by atoms with van der Waals surface area (Å²) in [7, 11) is 0. The van der Waals surface area contributed by atoms with Gasteiger partial charge in [-0.05, 0) is 12.1 Å². The van der Waals surface area contributed by atoms with E-state index in [9.17, 15) is 8.78 Å². The highest BCUT2D eigenvalue weighted by Gasteiger charge is 2.13. The normalized spacial score (nSPS) is 10.4. The first kappa shape index (κ1) is 12.5. The molecule has 5 nitrogen and oxygen atoms in total. The van der Waals surface area contributed by atoms with Crippen molar-refractivity contribution in [1.29, 1.82) is 0 Å². The van der Waals surface area contributed by atoms with E-state index in [1.54, 1.807) is 0 Å². The molecular formula is C10H7BrF2N4O. The molecule has 0 aliphatic rings. The largest absolute Gasteiger partial charge is 0.436 e. The molecule has 0 fully saturated rings. The molecule has 1 aromatic carbocycles. The van der Waals surface area contributed by atoms with Crippen LogP contribution in [0.5, 0.6) is 11.6 Å². The van der Waals surface area contributed by atoms with E-state index >= 15 is 0 Å². The van der Waals surface area contributed by atoms with Crippen LogP contribution in [-0.4, -0.2) is 9.97 Å². The van der Waals surface area contributed by atoms with E-state index in [2.05, 4.69) is 25.9 Å². The van der Waals surface area contributed by atoms with Gasteiger partial charge in [-0.3, -0.25) is 0 Å². The number of nitrogens with zero attached hydrogens (tertiary/aromatic N) is 2. The van der Waals surface area contributed by atoms with Crippen molar-refractivity contribution in [3.8, 4) is 11.6 Å². The topological polar surface area (TPSA) is 87.0 Å². The molecule has 0 amide bonds. The summed E-state index contributed by atoms with van der Waals surface area (Å²) in [6.07, 6.45) is 0. The molecule has 0 aliphatic heterocycles. The predicted octanol–water partition coefficient (Wildman–Crippen LogP) is 2.47. The Morgan fingerprint density at radius 3 is 2.50 bits per heavy atom. The van der Waals surface area contributed by atoms with Crippen LogP contribution in [0.4, 0.5) is 20.5 Å². The number of aromatic nitrogens is 2. The van der Waals surface area contributed by atoms with Crippen LogP contribution in [0.25, 0.3) is 0 Å². The van der Waals surface area contributed by atoms with E-state index in [4.69, 9.17) is 16.2 Å². The summed E-state index contributed by atoms with van der Waals surface area (Å²) in [5.41, 5.74) is 10.8. The average molecular weight is 317 g/mol. The van der Waals surface area contributed by atoms with Crippen LogP contribution in [0.2, 0.25) is 0 Å². The number of ether oxygens (including phenoxy) is 1. The fourth-order valence-corrected chi connectivity index (χ4v) is 1.64. The minimum atomic E-state index is -1.13. The molecule has 0 atom stereocenters. The standard InChI is InChI=1S/C10H7BrF2N4O/c11-4-1-5(12)9(13)6(2-4)18-8-3-7(14)16-10(15)17-8/h1-3H,(H4,14,15,16,17). The number of benzene rings is 1. The van der Waals surface area contributed by atoms with Gasteiger partial charge < -0.3 is 16.2 Å². The molecule has 0 unspecified atom stereocenters. The molecule has 2 aromatic rings. The lowest BCUT2D eigenvalue weighted by molar-refractivity contribution is 0.405. The first-order valence-electron chi connectivity index (χ1n) is 4.68. The number of anilines is 2. The number of hydrogen-bond donors (Lipinski definition) is 2. The minimum Gasteiger partial charge on any atom is -0.436 e. The van der Waals surface area contributed by atoms with Gasteiger partial charge in [0, 0.05) is 10.5 Å². The molecule has 18 heavy (non-hydrogen) atoms. The zero-order chi connectivity index (χ0) is 13.3. The molecule has 1 aromatic heterocycles. The summed E-state index contributed by atoms with van der Waals surface area (Å²) >= 11 is 3.02. The maximum atomic E-state index is 13.4. The van der Waals surface area contributed by atoms with Crippen molar-refractivity contribution < 1.29 is 13.5 Å². The van der Waals surface area contributed by atoms with Crippen molar-refractivity contribution >= 4 is 27.7 Å². The van der Waals surface area contributed by atoms with Crippen LogP contribution < -0.4 is 16.2 Å². The Morgan fingerprint density at radius 1 is 1.11 bits per heavy atom. The molecule has 94 valence electrons. The lowest BCUT2D eigenvalue weighted by Crippen LogP contribution is -2.01. The maximum absolute atomic E-state index is 13.4. The number of halogens is 3. The summed E-state index contributed by atoms with van der Waals surface area (Å²) < 4.78 is 32.0. The Kier molecular flexibility index (Phi) is 3.28. The molecule has 0 radical (unpaired) electrons. The van der Waals surface area contributed by atoms with Crippen molar-refractivity contribution in [1.82, 2.24) is 9.97 Å². The Hall–Kier alpha value is -1.96. The van der Waals surface area contributed by atoms with E-state index in [1.165, 1.54) is 12.1 Å². The van der Waals surface area contributed by atoms with Crippen molar-refractivity contribution in [2.75, 3.05) is 11.5 Å². The second kappa shape index (κ2) is 4.73. The van der Waals surface area contributed by atoms with Gasteiger partial charge in [-0.2, -0.15) is 14.4 Å². The van der Waals surface area contributed by atoms with Gasteiger partial charge in [-0.1, -0.05) is 15.9 Å². The molecule has 0 spiro atoms. The van der Waals surface area contributed by atoms with E-state index in [-0.39, 0.29) is 23.4 Å². The van der Waals surface area contributed by atoms with Crippen LogP contribution >= 0.6 is 15.9 Å². The highest BCUT2D eigenvalue weighted by Crippen LogP contribution is 2.29. The molecule has 2 rings (SSSR count). The third-order valence-electron chi connectivity index (χ3n) is 1.91.